The first kappa shape index (κ1) is 14.2. The number of non-ortho nitro benzene ring substituents is 1. The van der Waals surface area contributed by atoms with Crippen LogP contribution in [0.4, 0.5) is 17.1 Å². The molecule has 0 aliphatic rings. The van der Waals surface area contributed by atoms with Crippen molar-refractivity contribution >= 4 is 29.4 Å². The SMILES string of the molecule is O=CNc1ccc(NC(=O)c2ccc([N+](=O)[O-])cc2)cc1. The number of carbonyl (C=O) groups is 2. The summed E-state index contributed by atoms with van der Waals surface area (Å²) in [6.45, 7) is 0. The summed E-state index contributed by atoms with van der Waals surface area (Å²) in [5.74, 6) is -0.374. The summed E-state index contributed by atoms with van der Waals surface area (Å²) >= 11 is 0. The van der Waals surface area contributed by atoms with Crippen LogP contribution in [0.3, 0.4) is 0 Å². The first-order valence-electron chi connectivity index (χ1n) is 5.96. The van der Waals surface area contributed by atoms with Gasteiger partial charge in [-0.25, -0.2) is 0 Å². The molecule has 0 spiro atoms. The molecule has 0 saturated carbocycles. The van der Waals surface area contributed by atoms with E-state index in [0.29, 0.717) is 23.3 Å². The molecule has 0 unspecified atom stereocenters. The van der Waals surface area contributed by atoms with E-state index in [1.54, 1.807) is 24.3 Å². The van der Waals surface area contributed by atoms with Crippen molar-refractivity contribution in [3.8, 4) is 0 Å². The zero-order chi connectivity index (χ0) is 15.2. The van der Waals surface area contributed by atoms with E-state index in [-0.39, 0.29) is 11.6 Å². The van der Waals surface area contributed by atoms with Crippen molar-refractivity contribution in [1.82, 2.24) is 0 Å². The molecular weight excluding hydrogens is 274 g/mol. The summed E-state index contributed by atoms with van der Waals surface area (Å²) in [6, 6.07) is 11.9. The van der Waals surface area contributed by atoms with Crippen LogP contribution in [0.5, 0.6) is 0 Å². The molecule has 0 heterocycles. The molecule has 0 atom stereocenters. The van der Waals surface area contributed by atoms with Crippen molar-refractivity contribution in [3.05, 3.63) is 64.2 Å². The second-order valence-electron chi connectivity index (χ2n) is 4.10. The molecule has 7 nitrogen and oxygen atoms in total. The summed E-state index contributed by atoms with van der Waals surface area (Å²) in [4.78, 5) is 32.2. The van der Waals surface area contributed by atoms with E-state index >= 15 is 0 Å². The fourth-order valence-electron chi connectivity index (χ4n) is 1.66. The minimum Gasteiger partial charge on any atom is -0.329 e. The topological polar surface area (TPSA) is 101 Å². The normalized spacial score (nSPS) is 9.71. The summed E-state index contributed by atoms with van der Waals surface area (Å²) < 4.78 is 0. The molecule has 0 radical (unpaired) electrons. The molecule has 2 N–H and O–H groups in total. The van der Waals surface area contributed by atoms with Gasteiger partial charge in [0.05, 0.1) is 4.92 Å². The van der Waals surface area contributed by atoms with Gasteiger partial charge >= 0.3 is 0 Å². The first-order chi connectivity index (χ1) is 10.1. The molecule has 0 fully saturated rings. The Labute approximate surface area is 119 Å². The van der Waals surface area contributed by atoms with Gasteiger partial charge in [0.25, 0.3) is 11.6 Å². The Kier molecular flexibility index (Phi) is 4.25. The molecule has 0 bridgehead atoms. The summed E-state index contributed by atoms with van der Waals surface area (Å²) in [7, 11) is 0. The van der Waals surface area contributed by atoms with E-state index < -0.39 is 4.92 Å². The molecule has 7 heteroatoms. The average molecular weight is 285 g/mol. The van der Waals surface area contributed by atoms with Gasteiger partial charge in [0.2, 0.25) is 6.41 Å². The average Bonchev–Trinajstić information content (AvgIpc) is 2.49. The highest BCUT2D eigenvalue weighted by atomic mass is 16.6. The molecule has 0 aliphatic carbocycles. The van der Waals surface area contributed by atoms with Gasteiger partial charge in [-0.1, -0.05) is 0 Å². The van der Waals surface area contributed by atoms with Gasteiger partial charge in [-0.15, -0.1) is 0 Å². The van der Waals surface area contributed by atoms with E-state index in [4.69, 9.17) is 0 Å². The largest absolute Gasteiger partial charge is 0.329 e. The number of nitro groups is 1. The summed E-state index contributed by atoms with van der Waals surface area (Å²) in [5.41, 5.74) is 1.40. The second kappa shape index (κ2) is 6.29. The predicted molar refractivity (Wildman–Crippen MR) is 77.2 cm³/mol. The maximum absolute atomic E-state index is 12.0. The molecule has 2 aromatic carbocycles. The van der Waals surface area contributed by atoms with Crippen LogP contribution in [-0.2, 0) is 4.79 Å². The number of benzene rings is 2. The quantitative estimate of drug-likeness (QED) is 0.500. The lowest BCUT2D eigenvalue weighted by molar-refractivity contribution is -0.384. The van der Waals surface area contributed by atoms with Crippen LogP contribution in [0.1, 0.15) is 10.4 Å². The van der Waals surface area contributed by atoms with Crippen LogP contribution in [0.25, 0.3) is 0 Å². The number of rotatable bonds is 5. The molecule has 0 aromatic heterocycles. The van der Waals surface area contributed by atoms with Gasteiger partial charge in [0.1, 0.15) is 0 Å². The van der Waals surface area contributed by atoms with Gasteiger partial charge in [-0.3, -0.25) is 19.7 Å². The second-order valence-corrected chi connectivity index (χ2v) is 4.10. The monoisotopic (exact) mass is 285 g/mol. The lowest BCUT2D eigenvalue weighted by atomic mass is 10.2. The molecular formula is C14H11N3O4. The third-order valence-corrected chi connectivity index (χ3v) is 2.71. The number of hydrogen-bond donors (Lipinski definition) is 2. The van der Waals surface area contributed by atoms with Gasteiger partial charge in [0, 0.05) is 29.1 Å². The van der Waals surface area contributed by atoms with E-state index in [0.717, 1.165) is 0 Å². The van der Waals surface area contributed by atoms with E-state index in [9.17, 15) is 19.7 Å². The Morgan fingerprint density at radius 2 is 1.57 bits per heavy atom. The molecule has 2 aromatic rings. The third kappa shape index (κ3) is 3.63. The molecule has 106 valence electrons. The highest BCUT2D eigenvalue weighted by Gasteiger charge is 2.09. The predicted octanol–water partition coefficient (Wildman–Crippen LogP) is 2.42. The fraction of sp³-hybridized carbons (Fsp3) is 0. The van der Waals surface area contributed by atoms with Crippen molar-refractivity contribution in [3.63, 3.8) is 0 Å². The van der Waals surface area contributed by atoms with Crippen molar-refractivity contribution < 1.29 is 14.5 Å². The van der Waals surface area contributed by atoms with Crippen molar-refractivity contribution in [1.29, 1.82) is 0 Å². The standard InChI is InChI=1S/C14H11N3O4/c18-9-15-11-3-5-12(6-4-11)16-14(19)10-1-7-13(8-2-10)17(20)21/h1-9H,(H,15,18)(H,16,19). The van der Waals surface area contributed by atoms with Crippen LogP contribution in [-0.4, -0.2) is 17.2 Å². The minimum atomic E-state index is -0.527. The molecule has 2 amide bonds. The number of hydrogen-bond acceptors (Lipinski definition) is 4. The molecule has 21 heavy (non-hydrogen) atoms. The molecule has 0 saturated heterocycles. The zero-order valence-electron chi connectivity index (χ0n) is 10.8. The van der Waals surface area contributed by atoms with Crippen LogP contribution in [0, 0.1) is 10.1 Å². The summed E-state index contributed by atoms with van der Waals surface area (Å²) in [5, 5.41) is 15.7. The molecule has 2 rings (SSSR count). The lowest BCUT2D eigenvalue weighted by Crippen LogP contribution is -2.11. The van der Waals surface area contributed by atoms with E-state index in [1.807, 2.05) is 0 Å². The maximum Gasteiger partial charge on any atom is 0.269 e. The minimum absolute atomic E-state index is 0.0733. The number of nitro benzene ring substituents is 1. The van der Waals surface area contributed by atoms with Crippen LogP contribution in [0.15, 0.2) is 48.5 Å². The summed E-state index contributed by atoms with van der Waals surface area (Å²) in [6.07, 6.45) is 0.560. The Bertz CT molecular complexity index is 666. The lowest BCUT2D eigenvalue weighted by Gasteiger charge is -2.06. The highest BCUT2D eigenvalue weighted by Crippen LogP contribution is 2.16. The van der Waals surface area contributed by atoms with Gasteiger partial charge in [-0.05, 0) is 36.4 Å². The van der Waals surface area contributed by atoms with Crippen LogP contribution < -0.4 is 10.6 Å². The number of amides is 2. The van der Waals surface area contributed by atoms with Crippen molar-refractivity contribution in [2.75, 3.05) is 10.6 Å². The Hall–Kier alpha value is -3.22. The third-order valence-electron chi connectivity index (χ3n) is 2.71. The Morgan fingerprint density at radius 1 is 1.00 bits per heavy atom. The van der Waals surface area contributed by atoms with Gasteiger partial charge in [0.15, 0.2) is 0 Å². The maximum atomic E-state index is 12.0. The van der Waals surface area contributed by atoms with Crippen molar-refractivity contribution in [2.24, 2.45) is 0 Å². The number of nitrogens with one attached hydrogen (secondary N) is 2. The smallest absolute Gasteiger partial charge is 0.269 e. The van der Waals surface area contributed by atoms with Gasteiger partial charge < -0.3 is 10.6 Å². The van der Waals surface area contributed by atoms with Crippen LogP contribution >= 0.6 is 0 Å². The highest BCUT2D eigenvalue weighted by molar-refractivity contribution is 6.04. The van der Waals surface area contributed by atoms with Crippen LogP contribution in [0.2, 0.25) is 0 Å². The van der Waals surface area contributed by atoms with E-state index in [2.05, 4.69) is 10.6 Å². The van der Waals surface area contributed by atoms with Gasteiger partial charge in [-0.2, -0.15) is 0 Å². The number of carbonyl (C=O) groups excluding carboxylic acids is 2. The first-order valence-corrected chi connectivity index (χ1v) is 5.96. The fourth-order valence-corrected chi connectivity index (χ4v) is 1.66. The Morgan fingerprint density at radius 3 is 2.10 bits per heavy atom. The Balaban J connectivity index is 2.06. The number of anilines is 2. The zero-order valence-corrected chi connectivity index (χ0v) is 10.8. The number of nitrogens with zero attached hydrogens (tertiary/aromatic N) is 1. The van der Waals surface area contributed by atoms with Crippen molar-refractivity contribution in [2.45, 2.75) is 0 Å². The van der Waals surface area contributed by atoms with E-state index in [1.165, 1.54) is 24.3 Å². The molecule has 0 aliphatic heterocycles.